The molecular formula is C12H17N3O3. The number of aryl methyl sites for hydroxylation is 2. The lowest BCUT2D eigenvalue weighted by molar-refractivity contribution is -0.385. The fourth-order valence-corrected chi connectivity index (χ4v) is 1.62. The molecule has 0 aromatic heterocycles. The summed E-state index contributed by atoms with van der Waals surface area (Å²) in [4.78, 5) is 21.9. The summed E-state index contributed by atoms with van der Waals surface area (Å²) in [6.45, 7) is 4.06. The fraction of sp³-hybridized carbons (Fsp3) is 0.417. The molecule has 1 amide bonds. The number of benzene rings is 1. The Morgan fingerprint density at radius 3 is 2.56 bits per heavy atom. The summed E-state index contributed by atoms with van der Waals surface area (Å²) in [5.74, 6) is -0.161. The first-order valence-electron chi connectivity index (χ1n) is 5.65. The Morgan fingerprint density at radius 2 is 2.00 bits per heavy atom. The summed E-state index contributed by atoms with van der Waals surface area (Å²) in [6, 6.07) is 3.10. The van der Waals surface area contributed by atoms with E-state index >= 15 is 0 Å². The molecule has 6 nitrogen and oxygen atoms in total. The highest BCUT2D eigenvalue weighted by atomic mass is 16.6. The van der Waals surface area contributed by atoms with Gasteiger partial charge in [-0.1, -0.05) is 0 Å². The van der Waals surface area contributed by atoms with Crippen molar-refractivity contribution in [2.24, 2.45) is 0 Å². The quantitative estimate of drug-likeness (QED) is 0.617. The average molecular weight is 251 g/mol. The molecule has 6 heteroatoms. The predicted molar refractivity (Wildman–Crippen MR) is 69.7 cm³/mol. The Balaban J connectivity index is 2.92. The van der Waals surface area contributed by atoms with E-state index < -0.39 is 4.92 Å². The zero-order chi connectivity index (χ0) is 13.7. The average Bonchev–Trinajstić information content (AvgIpc) is 2.29. The molecule has 0 bridgehead atoms. The van der Waals surface area contributed by atoms with Crippen LogP contribution in [-0.2, 0) is 4.79 Å². The molecule has 1 aromatic carbocycles. The van der Waals surface area contributed by atoms with Crippen LogP contribution in [0.25, 0.3) is 0 Å². The molecule has 0 aliphatic rings. The highest BCUT2D eigenvalue weighted by Crippen LogP contribution is 2.26. The maximum absolute atomic E-state index is 11.6. The largest absolute Gasteiger partial charge is 0.326 e. The van der Waals surface area contributed by atoms with Gasteiger partial charge in [0.25, 0.3) is 5.69 Å². The van der Waals surface area contributed by atoms with Crippen LogP contribution in [0, 0.1) is 24.0 Å². The van der Waals surface area contributed by atoms with Gasteiger partial charge in [0, 0.05) is 24.6 Å². The minimum atomic E-state index is -0.446. The lowest BCUT2D eigenvalue weighted by Gasteiger charge is -2.09. The lowest BCUT2D eigenvalue weighted by atomic mass is 10.1. The van der Waals surface area contributed by atoms with Crippen LogP contribution in [-0.4, -0.2) is 24.4 Å². The van der Waals surface area contributed by atoms with E-state index in [9.17, 15) is 14.9 Å². The predicted octanol–water partition coefficient (Wildman–Crippen LogP) is 1.76. The third kappa shape index (κ3) is 3.53. The van der Waals surface area contributed by atoms with Gasteiger partial charge in [0.05, 0.1) is 10.6 Å². The molecule has 1 rings (SSSR count). The van der Waals surface area contributed by atoms with Gasteiger partial charge in [-0.05, 0) is 32.5 Å². The monoisotopic (exact) mass is 251 g/mol. The molecule has 0 aliphatic carbocycles. The maximum Gasteiger partial charge on any atom is 0.274 e. The van der Waals surface area contributed by atoms with Crippen molar-refractivity contribution >= 4 is 17.3 Å². The number of carbonyl (C=O) groups excluding carboxylic acids is 1. The Hall–Kier alpha value is -1.95. The molecule has 0 unspecified atom stereocenters. The molecule has 0 aliphatic heterocycles. The molecule has 0 saturated heterocycles. The van der Waals surface area contributed by atoms with Gasteiger partial charge in [0.1, 0.15) is 0 Å². The number of nitrogens with zero attached hydrogens (tertiary/aromatic N) is 1. The van der Waals surface area contributed by atoms with Crippen molar-refractivity contribution in [1.82, 2.24) is 5.32 Å². The van der Waals surface area contributed by atoms with Crippen LogP contribution in [0.2, 0.25) is 0 Å². The summed E-state index contributed by atoms with van der Waals surface area (Å²) >= 11 is 0. The molecule has 0 saturated carbocycles. The SMILES string of the molecule is CNCCC(=O)Nc1cc([N+](=O)[O-])c(C)cc1C. The van der Waals surface area contributed by atoms with Crippen molar-refractivity contribution < 1.29 is 9.72 Å². The first kappa shape index (κ1) is 14.1. The molecule has 0 radical (unpaired) electrons. The van der Waals surface area contributed by atoms with Gasteiger partial charge in [0.15, 0.2) is 0 Å². The Labute approximate surface area is 106 Å². The number of anilines is 1. The van der Waals surface area contributed by atoms with E-state index in [4.69, 9.17) is 0 Å². The van der Waals surface area contributed by atoms with Crippen LogP contribution in [0.5, 0.6) is 0 Å². The smallest absolute Gasteiger partial charge is 0.274 e. The third-order valence-electron chi connectivity index (χ3n) is 2.62. The molecule has 0 spiro atoms. The van der Waals surface area contributed by atoms with Crippen LogP contribution >= 0.6 is 0 Å². The minimum Gasteiger partial charge on any atom is -0.326 e. The van der Waals surface area contributed by atoms with Gasteiger partial charge in [-0.2, -0.15) is 0 Å². The molecule has 98 valence electrons. The molecule has 0 fully saturated rings. The third-order valence-corrected chi connectivity index (χ3v) is 2.62. The summed E-state index contributed by atoms with van der Waals surface area (Å²) < 4.78 is 0. The normalized spacial score (nSPS) is 10.2. The molecule has 0 atom stereocenters. The van der Waals surface area contributed by atoms with Crippen molar-refractivity contribution in [2.75, 3.05) is 18.9 Å². The number of carbonyl (C=O) groups is 1. The number of hydrogen-bond donors (Lipinski definition) is 2. The Morgan fingerprint density at radius 1 is 1.33 bits per heavy atom. The van der Waals surface area contributed by atoms with E-state index in [1.54, 1.807) is 20.0 Å². The van der Waals surface area contributed by atoms with E-state index in [2.05, 4.69) is 10.6 Å². The lowest BCUT2D eigenvalue weighted by Crippen LogP contribution is -2.19. The number of nitrogens with one attached hydrogen (secondary N) is 2. The molecule has 1 aromatic rings. The molecular weight excluding hydrogens is 234 g/mol. The number of nitro benzene ring substituents is 1. The van der Waals surface area contributed by atoms with Crippen molar-refractivity contribution in [3.05, 3.63) is 33.4 Å². The topological polar surface area (TPSA) is 84.3 Å². The molecule has 18 heavy (non-hydrogen) atoms. The highest BCUT2D eigenvalue weighted by molar-refractivity contribution is 5.92. The van der Waals surface area contributed by atoms with Gasteiger partial charge in [0.2, 0.25) is 5.91 Å². The minimum absolute atomic E-state index is 0.0181. The Kier molecular flexibility index (Phi) is 4.79. The van der Waals surface area contributed by atoms with Crippen LogP contribution in [0.1, 0.15) is 17.5 Å². The van der Waals surface area contributed by atoms with E-state index in [1.807, 2.05) is 6.92 Å². The second-order valence-electron chi connectivity index (χ2n) is 4.11. The van der Waals surface area contributed by atoms with E-state index in [-0.39, 0.29) is 11.6 Å². The summed E-state index contributed by atoms with van der Waals surface area (Å²) in [7, 11) is 1.76. The summed E-state index contributed by atoms with van der Waals surface area (Å²) in [6.07, 6.45) is 0.331. The zero-order valence-electron chi connectivity index (χ0n) is 10.7. The van der Waals surface area contributed by atoms with Crippen LogP contribution in [0.3, 0.4) is 0 Å². The van der Waals surface area contributed by atoms with Crippen LogP contribution in [0.4, 0.5) is 11.4 Å². The number of rotatable bonds is 5. The van der Waals surface area contributed by atoms with Crippen molar-refractivity contribution in [3.8, 4) is 0 Å². The fourth-order valence-electron chi connectivity index (χ4n) is 1.62. The molecule has 2 N–H and O–H groups in total. The van der Waals surface area contributed by atoms with Gasteiger partial charge in [-0.25, -0.2) is 0 Å². The number of amides is 1. The number of nitro groups is 1. The number of hydrogen-bond acceptors (Lipinski definition) is 4. The van der Waals surface area contributed by atoms with Crippen LogP contribution < -0.4 is 10.6 Å². The summed E-state index contributed by atoms with van der Waals surface area (Å²) in [5, 5.41) is 16.4. The van der Waals surface area contributed by atoms with E-state index in [0.29, 0.717) is 24.2 Å². The second kappa shape index (κ2) is 6.11. The first-order chi connectivity index (χ1) is 8.45. The van der Waals surface area contributed by atoms with Gasteiger partial charge in [-0.15, -0.1) is 0 Å². The van der Waals surface area contributed by atoms with E-state index in [1.165, 1.54) is 6.07 Å². The van der Waals surface area contributed by atoms with Crippen molar-refractivity contribution in [2.45, 2.75) is 20.3 Å². The van der Waals surface area contributed by atoms with E-state index in [0.717, 1.165) is 5.56 Å². The second-order valence-corrected chi connectivity index (χ2v) is 4.11. The maximum atomic E-state index is 11.6. The molecule has 0 heterocycles. The van der Waals surface area contributed by atoms with Crippen LogP contribution in [0.15, 0.2) is 12.1 Å². The van der Waals surface area contributed by atoms with Crippen molar-refractivity contribution in [3.63, 3.8) is 0 Å². The van der Waals surface area contributed by atoms with Gasteiger partial charge < -0.3 is 10.6 Å². The van der Waals surface area contributed by atoms with Gasteiger partial charge >= 0.3 is 0 Å². The Bertz CT molecular complexity index is 472. The zero-order valence-corrected chi connectivity index (χ0v) is 10.7. The van der Waals surface area contributed by atoms with Gasteiger partial charge in [-0.3, -0.25) is 14.9 Å². The van der Waals surface area contributed by atoms with Crippen molar-refractivity contribution in [1.29, 1.82) is 0 Å². The standard InChI is InChI=1S/C12H17N3O3/c1-8-6-9(2)11(15(17)18)7-10(8)14-12(16)4-5-13-3/h6-7,13H,4-5H2,1-3H3,(H,14,16). The first-order valence-corrected chi connectivity index (χ1v) is 5.65. The highest BCUT2D eigenvalue weighted by Gasteiger charge is 2.14. The summed E-state index contributed by atoms with van der Waals surface area (Å²) in [5.41, 5.74) is 1.92.